The molecule has 5 nitrogen and oxygen atoms in total. The van der Waals surface area contributed by atoms with Crippen LogP contribution in [0.3, 0.4) is 0 Å². The number of benzene rings is 1. The van der Waals surface area contributed by atoms with Crippen molar-refractivity contribution in [3.05, 3.63) is 64.4 Å². The van der Waals surface area contributed by atoms with Crippen molar-refractivity contribution in [3.63, 3.8) is 0 Å². The first-order valence-electron chi connectivity index (χ1n) is 6.37. The van der Waals surface area contributed by atoms with Crippen molar-refractivity contribution >= 4 is 33.7 Å². The largest absolute Gasteiger partial charge is 0.314 e. The van der Waals surface area contributed by atoms with E-state index in [-0.39, 0.29) is 5.78 Å². The van der Waals surface area contributed by atoms with E-state index in [1.54, 1.807) is 36.7 Å². The highest BCUT2D eigenvalue weighted by Gasteiger charge is 2.18. The lowest BCUT2D eigenvalue weighted by Gasteiger charge is -2.00. The number of hydrogen-bond donors (Lipinski definition) is 2. The van der Waals surface area contributed by atoms with Crippen LogP contribution in [0.4, 0.5) is 5.00 Å². The Labute approximate surface area is 135 Å². The Kier molecular flexibility index (Phi) is 4.15. The van der Waals surface area contributed by atoms with Gasteiger partial charge in [-0.05, 0) is 24.3 Å². The lowest BCUT2D eigenvalue weighted by Crippen LogP contribution is -2.05. The Morgan fingerprint density at radius 2 is 1.82 bits per heavy atom. The fourth-order valence-electron chi connectivity index (χ4n) is 1.95. The van der Waals surface area contributed by atoms with Crippen LogP contribution in [0.2, 0.25) is 5.02 Å². The van der Waals surface area contributed by atoms with E-state index in [9.17, 15) is 4.79 Å². The monoisotopic (exact) mass is 330 g/mol. The molecule has 2 aromatic heterocycles. The van der Waals surface area contributed by atoms with E-state index in [4.69, 9.17) is 17.4 Å². The molecular formula is C15H11ClN4OS. The fourth-order valence-corrected chi connectivity index (χ4v) is 2.93. The van der Waals surface area contributed by atoms with Gasteiger partial charge < -0.3 is 5.43 Å². The second-order valence-corrected chi connectivity index (χ2v) is 5.85. The molecule has 22 heavy (non-hydrogen) atoms. The van der Waals surface area contributed by atoms with Gasteiger partial charge >= 0.3 is 0 Å². The number of hydrazine groups is 1. The maximum atomic E-state index is 12.4. The van der Waals surface area contributed by atoms with Crippen LogP contribution in [0.5, 0.6) is 0 Å². The van der Waals surface area contributed by atoms with Gasteiger partial charge in [-0.2, -0.15) is 0 Å². The number of ketones is 1. The summed E-state index contributed by atoms with van der Waals surface area (Å²) in [5.74, 6) is 5.38. The maximum absolute atomic E-state index is 12.4. The Morgan fingerprint density at radius 3 is 2.45 bits per heavy atom. The third-order valence-corrected chi connectivity index (χ3v) is 4.25. The van der Waals surface area contributed by atoms with Crippen molar-refractivity contribution in [2.75, 3.05) is 5.43 Å². The third-order valence-electron chi connectivity index (χ3n) is 3.01. The van der Waals surface area contributed by atoms with E-state index in [1.807, 2.05) is 12.1 Å². The summed E-state index contributed by atoms with van der Waals surface area (Å²) in [5.41, 5.74) is 4.59. The number of carbonyl (C=O) groups excluding carboxylic acids is 1. The van der Waals surface area contributed by atoms with Crippen LogP contribution in [0.25, 0.3) is 11.3 Å². The van der Waals surface area contributed by atoms with E-state index in [0.717, 1.165) is 5.56 Å². The number of aromatic nitrogens is 2. The minimum Gasteiger partial charge on any atom is -0.314 e. The topological polar surface area (TPSA) is 80.9 Å². The first-order valence-corrected chi connectivity index (χ1v) is 7.56. The van der Waals surface area contributed by atoms with Gasteiger partial charge in [-0.1, -0.05) is 35.1 Å². The van der Waals surface area contributed by atoms with Gasteiger partial charge in [-0.25, -0.2) is 10.8 Å². The predicted molar refractivity (Wildman–Crippen MR) is 88.0 cm³/mol. The second-order valence-electron chi connectivity index (χ2n) is 4.41. The van der Waals surface area contributed by atoms with Gasteiger partial charge in [0.2, 0.25) is 5.78 Å². The molecule has 110 valence electrons. The number of thiazole rings is 1. The molecule has 0 aliphatic rings. The number of anilines is 1. The highest BCUT2D eigenvalue weighted by Crippen LogP contribution is 2.33. The number of nitrogens with zero attached hydrogens (tertiary/aromatic N) is 2. The molecular weight excluding hydrogens is 320 g/mol. The zero-order valence-corrected chi connectivity index (χ0v) is 12.9. The average molecular weight is 331 g/mol. The molecule has 0 atom stereocenters. The number of halogens is 1. The average Bonchev–Trinajstić information content (AvgIpc) is 3.00. The van der Waals surface area contributed by atoms with Crippen LogP contribution in [0.1, 0.15) is 15.4 Å². The van der Waals surface area contributed by atoms with E-state index < -0.39 is 0 Å². The summed E-state index contributed by atoms with van der Waals surface area (Å²) in [4.78, 5) is 20.8. The molecule has 0 aliphatic carbocycles. The van der Waals surface area contributed by atoms with Gasteiger partial charge in [-0.15, -0.1) is 0 Å². The maximum Gasteiger partial charge on any atom is 0.221 e. The summed E-state index contributed by atoms with van der Waals surface area (Å²) < 4.78 is 0. The third kappa shape index (κ3) is 2.85. The van der Waals surface area contributed by atoms with Gasteiger partial charge in [0.25, 0.3) is 0 Å². The number of nitrogen functional groups attached to an aromatic ring is 1. The molecule has 0 amide bonds. The summed E-state index contributed by atoms with van der Waals surface area (Å²) in [7, 11) is 0. The standard InChI is InChI=1S/C15H11ClN4OS/c16-11-3-1-9(2-4-11)12-14(20-17)22-15(19-12)13(21)10-5-7-18-8-6-10/h1-8,20H,17H2. The lowest BCUT2D eigenvalue weighted by atomic mass is 10.1. The normalized spacial score (nSPS) is 10.5. The van der Waals surface area contributed by atoms with Gasteiger partial charge in [0, 0.05) is 28.5 Å². The Morgan fingerprint density at radius 1 is 1.14 bits per heavy atom. The van der Waals surface area contributed by atoms with E-state index in [0.29, 0.717) is 26.3 Å². The molecule has 3 N–H and O–H groups in total. The quantitative estimate of drug-likeness (QED) is 0.435. The molecule has 0 aliphatic heterocycles. The van der Waals surface area contributed by atoms with Gasteiger partial charge in [0.05, 0.1) is 0 Å². The number of carbonyl (C=O) groups is 1. The molecule has 7 heteroatoms. The van der Waals surface area contributed by atoms with Crippen molar-refractivity contribution in [1.29, 1.82) is 0 Å². The van der Waals surface area contributed by atoms with Crippen molar-refractivity contribution in [3.8, 4) is 11.3 Å². The highest BCUT2D eigenvalue weighted by atomic mass is 35.5. The summed E-state index contributed by atoms with van der Waals surface area (Å²) >= 11 is 7.10. The van der Waals surface area contributed by atoms with Crippen molar-refractivity contribution < 1.29 is 4.79 Å². The molecule has 0 radical (unpaired) electrons. The molecule has 3 rings (SSSR count). The Bertz CT molecular complexity index is 802. The van der Waals surface area contributed by atoms with Gasteiger partial charge in [-0.3, -0.25) is 9.78 Å². The number of pyridine rings is 1. The number of rotatable bonds is 4. The molecule has 2 heterocycles. The van der Waals surface area contributed by atoms with Crippen LogP contribution < -0.4 is 11.3 Å². The zero-order chi connectivity index (χ0) is 15.5. The smallest absolute Gasteiger partial charge is 0.221 e. The van der Waals surface area contributed by atoms with Gasteiger partial charge in [0.15, 0.2) is 5.01 Å². The molecule has 0 saturated carbocycles. The molecule has 0 bridgehead atoms. The summed E-state index contributed by atoms with van der Waals surface area (Å²) in [6, 6.07) is 10.5. The number of nitrogens with one attached hydrogen (secondary N) is 1. The van der Waals surface area contributed by atoms with E-state index in [1.165, 1.54) is 11.3 Å². The van der Waals surface area contributed by atoms with Crippen LogP contribution in [-0.4, -0.2) is 15.8 Å². The van der Waals surface area contributed by atoms with Gasteiger partial charge in [0.1, 0.15) is 10.7 Å². The molecule has 0 spiro atoms. The van der Waals surface area contributed by atoms with Crippen LogP contribution >= 0.6 is 22.9 Å². The fraction of sp³-hybridized carbons (Fsp3) is 0. The second kappa shape index (κ2) is 6.23. The Balaban J connectivity index is 2.02. The summed E-state index contributed by atoms with van der Waals surface area (Å²) in [6.45, 7) is 0. The SMILES string of the molecule is NNc1sc(C(=O)c2ccncc2)nc1-c1ccc(Cl)cc1. The van der Waals surface area contributed by atoms with E-state index >= 15 is 0 Å². The first-order chi connectivity index (χ1) is 10.7. The Hall–Kier alpha value is -2.28. The predicted octanol–water partition coefficient (Wildman–Crippen LogP) is 3.38. The summed E-state index contributed by atoms with van der Waals surface area (Å²) in [6.07, 6.45) is 3.14. The van der Waals surface area contributed by atoms with E-state index in [2.05, 4.69) is 15.4 Å². The molecule has 0 fully saturated rings. The number of nitrogens with two attached hydrogens (primary N) is 1. The molecule has 0 saturated heterocycles. The lowest BCUT2D eigenvalue weighted by molar-refractivity contribution is 0.103. The van der Waals surface area contributed by atoms with Crippen LogP contribution in [0.15, 0.2) is 48.8 Å². The number of hydrogen-bond acceptors (Lipinski definition) is 6. The minimum absolute atomic E-state index is 0.163. The van der Waals surface area contributed by atoms with Crippen molar-refractivity contribution in [2.24, 2.45) is 5.84 Å². The van der Waals surface area contributed by atoms with Crippen molar-refractivity contribution in [2.45, 2.75) is 0 Å². The van der Waals surface area contributed by atoms with Crippen LogP contribution in [-0.2, 0) is 0 Å². The zero-order valence-electron chi connectivity index (χ0n) is 11.3. The van der Waals surface area contributed by atoms with Crippen LogP contribution in [0, 0.1) is 0 Å². The minimum atomic E-state index is -0.163. The summed E-state index contributed by atoms with van der Waals surface area (Å²) in [5, 5.41) is 1.62. The molecule has 0 unspecified atom stereocenters. The van der Waals surface area contributed by atoms with Crippen molar-refractivity contribution in [1.82, 2.24) is 9.97 Å². The molecule has 3 aromatic rings. The molecule has 1 aromatic carbocycles. The first kappa shape index (κ1) is 14.6. The highest BCUT2D eigenvalue weighted by molar-refractivity contribution is 7.18.